The molecule has 0 aliphatic rings. The van der Waals surface area contributed by atoms with Gasteiger partial charge in [-0.15, -0.1) is 0 Å². The number of nitrogens with two attached hydrogens (primary N) is 1. The maximum absolute atomic E-state index is 11.4. The Morgan fingerprint density at radius 3 is 1.61 bits per heavy atom. The number of primary amides is 1. The minimum absolute atomic E-state index is 0.0699. The fraction of sp³-hybridized carbons (Fsp3) is 0.950. The molecular weight excluding hydrogens is 284 g/mol. The number of carbonyl (C=O) groups is 1. The predicted octanol–water partition coefficient (Wildman–Crippen LogP) is 5.13. The van der Waals surface area contributed by atoms with Crippen molar-refractivity contribution in [2.24, 2.45) is 11.7 Å². The molecule has 0 heterocycles. The average molecular weight is 327 g/mol. The van der Waals surface area contributed by atoms with Crippen molar-refractivity contribution < 1.29 is 4.79 Å². The monoisotopic (exact) mass is 326 g/mol. The van der Waals surface area contributed by atoms with Crippen molar-refractivity contribution in [1.82, 2.24) is 4.90 Å². The molecule has 0 saturated carbocycles. The van der Waals surface area contributed by atoms with Crippen molar-refractivity contribution in [2.75, 3.05) is 20.6 Å². The third kappa shape index (κ3) is 16.1. The lowest BCUT2D eigenvalue weighted by Gasteiger charge is -2.16. The van der Waals surface area contributed by atoms with E-state index in [4.69, 9.17) is 5.73 Å². The fourth-order valence-electron chi connectivity index (χ4n) is 3.07. The van der Waals surface area contributed by atoms with Crippen LogP contribution >= 0.6 is 0 Å². The van der Waals surface area contributed by atoms with Gasteiger partial charge < -0.3 is 10.6 Å². The SMILES string of the molecule is CCCCCCCCCCCCCCC(CCN(C)C)C(N)=O. The average Bonchev–Trinajstić information content (AvgIpc) is 2.50. The number of hydrogen-bond acceptors (Lipinski definition) is 2. The Morgan fingerprint density at radius 2 is 1.22 bits per heavy atom. The van der Waals surface area contributed by atoms with Crippen molar-refractivity contribution in [3.05, 3.63) is 0 Å². The quantitative estimate of drug-likeness (QED) is 0.377. The molecule has 0 aliphatic heterocycles. The van der Waals surface area contributed by atoms with E-state index in [-0.39, 0.29) is 11.8 Å². The van der Waals surface area contributed by atoms with Gasteiger partial charge in [0, 0.05) is 5.92 Å². The Morgan fingerprint density at radius 1 is 0.783 bits per heavy atom. The molecule has 0 aromatic rings. The highest BCUT2D eigenvalue weighted by molar-refractivity contribution is 5.76. The number of hydrogen-bond donors (Lipinski definition) is 1. The van der Waals surface area contributed by atoms with Gasteiger partial charge in [0.1, 0.15) is 0 Å². The summed E-state index contributed by atoms with van der Waals surface area (Å²) in [6.45, 7) is 3.22. The first kappa shape index (κ1) is 22.4. The third-order valence-corrected chi connectivity index (χ3v) is 4.73. The van der Waals surface area contributed by atoms with Crippen molar-refractivity contribution in [3.8, 4) is 0 Å². The molecule has 1 amide bonds. The van der Waals surface area contributed by atoms with E-state index in [1.807, 2.05) is 14.1 Å². The van der Waals surface area contributed by atoms with Crippen LogP contribution in [0.1, 0.15) is 96.8 Å². The second-order valence-corrected chi connectivity index (χ2v) is 7.37. The van der Waals surface area contributed by atoms with Gasteiger partial charge in [0.05, 0.1) is 0 Å². The maximum Gasteiger partial charge on any atom is 0.220 e. The standard InChI is InChI=1S/C20H42N2O/c1-4-5-6-7-8-9-10-11-12-13-14-15-16-19(20(21)23)17-18-22(2)3/h19H,4-18H2,1-3H3,(H2,21,23). The Bertz CT molecular complexity index is 266. The largest absolute Gasteiger partial charge is 0.369 e. The molecule has 0 aromatic carbocycles. The zero-order valence-electron chi connectivity index (χ0n) is 16.1. The highest BCUT2D eigenvalue weighted by Crippen LogP contribution is 2.16. The first-order chi connectivity index (χ1) is 11.1. The molecule has 1 atom stereocenters. The van der Waals surface area contributed by atoms with Crippen LogP contribution in [0.5, 0.6) is 0 Å². The van der Waals surface area contributed by atoms with Crippen molar-refractivity contribution in [1.29, 1.82) is 0 Å². The van der Waals surface area contributed by atoms with Crippen LogP contribution in [0.4, 0.5) is 0 Å². The number of amides is 1. The molecule has 0 spiro atoms. The molecule has 3 heteroatoms. The van der Waals surface area contributed by atoms with Crippen LogP contribution in [0.25, 0.3) is 0 Å². The van der Waals surface area contributed by atoms with Gasteiger partial charge in [-0.3, -0.25) is 4.79 Å². The van der Waals surface area contributed by atoms with Crippen LogP contribution < -0.4 is 5.73 Å². The summed E-state index contributed by atoms with van der Waals surface area (Å²) >= 11 is 0. The summed E-state index contributed by atoms with van der Waals surface area (Å²) in [5, 5.41) is 0. The number of unbranched alkanes of at least 4 members (excludes halogenated alkanes) is 11. The molecule has 0 aliphatic carbocycles. The lowest BCUT2D eigenvalue weighted by molar-refractivity contribution is -0.122. The summed E-state index contributed by atoms with van der Waals surface area (Å²) in [5.74, 6) is -0.0459. The van der Waals surface area contributed by atoms with Gasteiger partial charge in [-0.25, -0.2) is 0 Å². The summed E-state index contributed by atoms with van der Waals surface area (Å²) in [6, 6.07) is 0. The van der Waals surface area contributed by atoms with E-state index in [9.17, 15) is 4.79 Å². The molecule has 1 unspecified atom stereocenters. The highest BCUT2D eigenvalue weighted by atomic mass is 16.1. The van der Waals surface area contributed by atoms with E-state index >= 15 is 0 Å². The van der Waals surface area contributed by atoms with E-state index in [1.54, 1.807) is 0 Å². The summed E-state index contributed by atoms with van der Waals surface area (Å²) in [6.07, 6.45) is 18.2. The fourth-order valence-corrected chi connectivity index (χ4v) is 3.07. The maximum atomic E-state index is 11.4. The zero-order valence-corrected chi connectivity index (χ0v) is 16.1. The topological polar surface area (TPSA) is 46.3 Å². The minimum atomic E-state index is -0.116. The van der Waals surface area contributed by atoms with Gasteiger partial charge in [0.2, 0.25) is 5.91 Å². The van der Waals surface area contributed by atoms with Crippen molar-refractivity contribution in [3.63, 3.8) is 0 Å². The van der Waals surface area contributed by atoms with Crippen LogP contribution in [-0.4, -0.2) is 31.4 Å². The van der Waals surface area contributed by atoms with Gasteiger partial charge in [0.15, 0.2) is 0 Å². The smallest absolute Gasteiger partial charge is 0.220 e. The van der Waals surface area contributed by atoms with E-state index in [0.717, 1.165) is 25.8 Å². The van der Waals surface area contributed by atoms with Crippen LogP contribution in [0.15, 0.2) is 0 Å². The number of carbonyl (C=O) groups excluding carboxylic acids is 1. The molecule has 0 rings (SSSR count). The molecule has 0 aromatic heterocycles. The van der Waals surface area contributed by atoms with Gasteiger partial charge in [0.25, 0.3) is 0 Å². The summed E-state index contributed by atoms with van der Waals surface area (Å²) in [4.78, 5) is 13.6. The molecular formula is C20H42N2O. The molecule has 0 saturated heterocycles. The molecule has 3 nitrogen and oxygen atoms in total. The Kier molecular flexibility index (Phi) is 15.9. The Balaban J connectivity index is 3.37. The molecule has 0 bridgehead atoms. The number of rotatable bonds is 17. The van der Waals surface area contributed by atoms with E-state index in [0.29, 0.717) is 0 Å². The second kappa shape index (κ2) is 16.3. The van der Waals surface area contributed by atoms with Gasteiger partial charge in [-0.2, -0.15) is 0 Å². The van der Waals surface area contributed by atoms with Gasteiger partial charge in [-0.05, 0) is 33.5 Å². The number of nitrogens with zero attached hydrogens (tertiary/aromatic N) is 1. The first-order valence-corrected chi connectivity index (χ1v) is 10.0. The zero-order chi connectivity index (χ0) is 17.3. The predicted molar refractivity (Wildman–Crippen MR) is 102 cm³/mol. The van der Waals surface area contributed by atoms with Crippen molar-refractivity contribution in [2.45, 2.75) is 96.8 Å². The molecule has 138 valence electrons. The van der Waals surface area contributed by atoms with E-state index in [1.165, 1.54) is 70.6 Å². The van der Waals surface area contributed by atoms with Crippen LogP contribution in [0.3, 0.4) is 0 Å². The lowest BCUT2D eigenvalue weighted by Crippen LogP contribution is -2.27. The minimum Gasteiger partial charge on any atom is -0.369 e. The van der Waals surface area contributed by atoms with E-state index in [2.05, 4.69) is 11.8 Å². The molecule has 23 heavy (non-hydrogen) atoms. The third-order valence-electron chi connectivity index (χ3n) is 4.73. The van der Waals surface area contributed by atoms with Gasteiger partial charge in [-0.1, -0.05) is 84.0 Å². The normalized spacial score (nSPS) is 12.7. The van der Waals surface area contributed by atoms with E-state index < -0.39 is 0 Å². The summed E-state index contributed by atoms with van der Waals surface area (Å²) in [5.41, 5.74) is 5.50. The Labute approximate surface area is 145 Å². The first-order valence-electron chi connectivity index (χ1n) is 10.0. The lowest BCUT2D eigenvalue weighted by atomic mass is 9.96. The van der Waals surface area contributed by atoms with Crippen LogP contribution in [0, 0.1) is 5.92 Å². The molecule has 2 N–H and O–H groups in total. The molecule has 0 fully saturated rings. The highest BCUT2D eigenvalue weighted by Gasteiger charge is 2.14. The summed E-state index contributed by atoms with van der Waals surface area (Å²) in [7, 11) is 4.09. The Hall–Kier alpha value is -0.570. The van der Waals surface area contributed by atoms with Crippen molar-refractivity contribution >= 4 is 5.91 Å². The summed E-state index contributed by atoms with van der Waals surface area (Å²) < 4.78 is 0. The molecule has 0 radical (unpaired) electrons. The second-order valence-electron chi connectivity index (χ2n) is 7.37. The van der Waals surface area contributed by atoms with Crippen LogP contribution in [-0.2, 0) is 4.79 Å². The van der Waals surface area contributed by atoms with Crippen LogP contribution in [0.2, 0.25) is 0 Å². The van der Waals surface area contributed by atoms with Gasteiger partial charge >= 0.3 is 0 Å².